The van der Waals surface area contributed by atoms with Gasteiger partial charge in [0.15, 0.2) is 0 Å². The SMILES string of the molecule is CNCc1ccc(-c2ccc(Br)c3ccccc23)o1. The zero-order valence-electron chi connectivity index (χ0n) is 10.6. The van der Waals surface area contributed by atoms with Crippen LogP contribution in [0.15, 0.2) is 57.4 Å². The summed E-state index contributed by atoms with van der Waals surface area (Å²) in [5.41, 5.74) is 1.13. The van der Waals surface area contributed by atoms with Crippen LogP contribution < -0.4 is 5.32 Å². The van der Waals surface area contributed by atoms with E-state index in [9.17, 15) is 0 Å². The second-order valence-corrected chi connectivity index (χ2v) is 5.29. The first-order valence-electron chi connectivity index (χ1n) is 6.20. The van der Waals surface area contributed by atoms with E-state index in [2.05, 4.69) is 51.6 Å². The van der Waals surface area contributed by atoms with Gasteiger partial charge in [0.1, 0.15) is 11.5 Å². The first kappa shape index (κ1) is 12.5. The lowest BCUT2D eigenvalue weighted by molar-refractivity contribution is 0.507. The fraction of sp³-hybridized carbons (Fsp3) is 0.125. The van der Waals surface area contributed by atoms with Crippen LogP contribution in [0.25, 0.3) is 22.1 Å². The average Bonchev–Trinajstić information content (AvgIpc) is 2.88. The summed E-state index contributed by atoms with van der Waals surface area (Å²) < 4.78 is 6.99. The third-order valence-corrected chi connectivity index (χ3v) is 3.84. The Balaban J connectivity index is 2.16. The average molecular weight is 316 g/mol. The highest BCUT2D eigenvalue weighted by Crippen LogP contribution is 2.33. The second-order valence-electron chi connectivity index (χ2n) is 4.44. The predicted octanol–water partition coefficient (Wildman–Crippen LogP) is 4.58. The van der Waals surface area contributed by atoms with Crippen LogP contribution >= 0.6 is 15.9 Å². The maximum absolute atomic E-state index is 5.88. The standard InChI is InChI=1S/C16H14BrNO/c1-18-10-11-6-9-16(19-11)14-7-8-15(17)13-5-3-2-4-12(13)14/h2-9,18H,10H2,1H3. The molecule has 0 bridgehead atoms. The number of halogens is 1. The fourth-order valence-electron chi connectivity index (χ4n) is 2.27. The topological polar surface area (TPSA) is 25.2 Å². The van der Waals surface area contributed by atoms with Crippen molar-refractivity contribution < 1.29 is 4.42 Å². The van der Waals surface area contributed by atoms with Gasteiger partial charge in [0.05, 0.1) is 6.54 Å². The minimum absolute atomic E-state index is 0.745. The van der Waals surface area contributed by atoms with Gasteiger partial charge in [0, 0.05) is 10.0 Å². The third-order valence-electron chi connectivity index (χ3n) is 3.15. The van der Waals surface area contributed by atoms with E-state index in [0.29, 0.717) is 0 Å². The normalized spacial score (nSPS) is 11.1. The van der Waals surface area contributed by atoms with Crippen LogP contribution in [0.3, 0.4) is 0 Å². The van der Waals surface area contributed by atoms with Gasteiger partial charge in [0.25, 0.3) is 0 Å². The molecular formula is C16H14BrNO. The number of furan rings is 1. The van der Waals surface area contributed by atoms with E-state index in [1.54, 1.807) is 0 Å². The molecule has 2 nitrogen and oxygen atoms in total. The maximum atomic E-state index is 5.88. The summed E-state index contributed by atoms with van der Waals surface area (Å²) in [6.07, 6.45) is 0. The molecule has 0 unspecified atom stereocenters. The maximum Gasteiger partial charge on any atom is 0.134 e. The largest absolute Gasteiger partial charge is 0.460 e. The van der Waals surface area contributed by atoms with Gasteiger partial charge in [-0.25, -0.2) is 0 Å². The van der Waals surface area contributed by atoms with Crippen LogP contribution in [0.5, 0.6) is 0 Å². The van der Waals surface area contributed by atoms with Crippen molar-refractivity contribution in [2.75, 3.05) is 7.05 Å². The number of hydrogen-bond acceptors (Lipinski definition) is 2. The van der Waals surface area contributed by atoms with Crippen LogP contribution in [0.2, 0.25) is 0 Å². The highest BCUT2D eigenvalue weighted by atomic mass is 79.9. The van der Waals surface area contributed by atoms with Gasteiger partial charge >= 0.3 is 0 Å². The summed E-state index contributed by atoms with van der Waals surface area (Å²) in [6, 6.07) is 16.5. The monoisotopic (exact) mass is 315 g/mol. The summed E-state index contributed by atoms with van der Waals surface area (Å²) in [5, 5.41) is 5.49. The molecule has 0 spiro atoms. The number of rotatable bonds is 3. The Kier molecular flexibility index (Phi) is 3.40. The molecule has 0 saturated heterocycles. The van der Waals surface area contributed by atoms with Gasteiger partial charge < -0.3 is 9.73 Å². The van der Waals surface area contributed by atoms with Crippen molar-refractivity contribution in [3.05, 3.63) is 58.8 Å². The molecule has 19 heavy (non-hydrogen) atoms. The van der Waals surface area contributed by atoms with Gasteiger partial charge in [-0.15, -0.1) is 0 Å². The molecule has 0 saturated carbocycles. The fourth-order valence-corrected chi connectivity index (χ4v) is 2.75. The lowest BCUT2D eigenvalue weighted by Gasteiger charge is -2.06. The zero-order valence-corrected chi connectivity index (χ0v) is 12.2. The Hall–Kier alpha value is -1.58. The van der Waals surface area contributed by atoms with Gasteiger partial charge in [-0.1, -0.05) is 40.2 Å². The van der Waals surface area contributed by atoms with E-state index < -0.39 is 0 Å². The summed E-state index contributed by atoms with van der Waals surface area (Å²) in [4.78, 5) is 0. The highest BCUT2D eigenvalue weighted by molar-refractivity contribution is 9.10. The minimum Gasteiger partial charge on any atom is -0.460 e. The summed E-state index contributed by atoms with van der Waals surface area (Å²) >= 11 is 3.59. The molecule has 3 heteroatoms. The molecule has 1 heterocycles. The van der Waals surface area contributed by atoms with Crippen LogP contribution in [-0.4, -0.2) is 7.05 Å². The molecule has 2 aromatic carbocycles. The molecular weight excluding hydrogens is 302 g/mol. The summed E-state index contributed by atoms with van der Waals surface area (Å²) in [5.74, 6) is 1.86. The van der Waals surface area contributed by atoms with Crippen LogP contribution in [0.4, 0.5) is 0 Å². The Bertz CT molecular complexity index is 718. The first-order valence-corrected chi connectivity index (χ1v) is 7.00. The molecule has 1 N–H and O–H groups in total. The minimum atomic E-state index is 0.745. The third kappa shape index (κ3) is 2.31. The summed E-state index contributed by atoms with van der Waals surface area (Å²) in [7, 11) is 1.91. The van der Waals surface area contributed by atoms with E-state index >= 15 is 0 Å². The molecule has 0 fully saturated rings. The Morgan fingerprint density at radius 3 is 2.58 bits per heavy atom. The van der Waals surface area contributed by atoms with Gasteiger partial charge in [-0.2, -0.15) is 0 Å². The lowest BCUT2D eigenvalue weighted by atomic mass is 10.0. The van der Waals surface area contributed by atoms with Crippen molar-refractivity contribution in [2.45, 2.75) is 6.54 Å². The molecule has 96 valence electrons. The van der Waals surface area contributed by atoms with E-state index in [1.807, 2.05) is 25.2 Å². The van der Waals surface area contributed by atoms with Crippen molar-refractivity contribution in [3.8, 4) is 11.3 Å². The molecule has 3 rings (SSSR count). The highest BCUT2D eigenvalue weighted by Gasteiger charge is 2.09. The van der Waals surface area contributed by atoms with Gasteiger partial charge in [-0.3, -0.25) is 0 Å². The zero-order chi connectivity index (χ0) is 13.2. The quantitative estimate of drug-likeness (QED) is 0.765. The number of nitrogens with one attached hydrogen (secondary N) is 1. The predicted molar refractivity (Wildman–Crippen MR) is 82.1 cm³/mol. The van der Waals surface area contributed by atoms with Crippen molar-refractivity contribution in [2.24, 2.45) is 0 Å². The molecule has 0 atom stereocenters. The van der Waals surface area contributed by atoms with Gasteiger partial charge in [-0.05, 0) is 42.1 Å². The van der Waals surface area contributed by atoms with E-state index in [-0.39, 0.29) is 0 Å². The molecule has 0 aliphatic heterocycles. The molecule has 0 radical (unpaired) electrons. The van der Waals surface area contributed by atoms with Gasteiger partial charge in [0.2, 0.25) is 0 Å². The Labute approximate surface area is 120 Å². The van der Waals surface area contributed by atoms with Crippen molar-refractivity contribution in [3.63, 3.8) is 0 Å². The number of fused-ring (bicyclic) bond motifs is 1. The molecule has 0 amide bonds. The molecule has 3 aromatic rings. The van der Waals surface area contributed by atoms with E-state index in [4.69, 9.17) is 4.42 Å². The van der Waals surface area contributed by atoms with Crippen LogP contribution in [-0.2, 0) is 6.54 Å². The Morgan fingerprint density at radius 1 is 1.00 bits per heavy atom. The molecule has 0 aliphatic rings. The second kappa shape index (κ2) is 5.19. The number of benzene rings is 2. The van der Waals surface area contributed by atoms with Crippen molar-refractivity contribution >= 4 is 26.7 Å². The van der Waals surface area contributed by atoms with Crippen LogP contribution in [0.1, 0.15) is 5.76 Å². The Morgan fingerprint density at radius 2 is 1.79 bits per heavy atom. The lowest BCUT2D eigenvalue weighted by Crippen LogP contribution is -2.03. The van der Waals surface area contributed by atoms with E-state index in [0.717, 1.165) is 28.1 Å². The number of hydrogen-bond donors (Lipinski definition) is 1. The van der Waals surface area contributed by atoms with Crippen LogP contribution in [0, 0.1) is 0 Å². The van der Waals surface area contributed by atoms with E-state index in [1.165, 1.54) is 10.8 Å². The molecule has 1 aromatic heterocycles. The van der Waals surface area contributed by atoms with Crippen molar-refractivity contribution in [1.29, 1.82) is 0 Å². The first-order chi connectivity index (χ1) is 9.29. The molecule has 0 aliphatic carbocycles. The van der Waals surface area contributed by atoms with Crippen molar-refractivity contribution in [1.82, 2.24) is 5.32 Å². The summed E-state index contributed by atoms with van der Waals surface area (Å²) in [6.45, 7) is 0.745. The smallest absolute Gasteiger partial charge is 0.134 e.